The number of ether oxygens (including phenoxy) is 1. The van der Waals surface area contributed by atoms with E-state index in [1.54, 1.807) is 7.11 Å². The summed E-state index contributed by atoms with van der Waals surface area (Å²) in [4.78, 5) is 4.27. The smallest absolute Gasteiger partial charge is 0.214 e. The maximum absolute atomic E-state index is 5.55. The van der Waals surface area contributed by atoms with Crippen LogP contribution in [0.25, 0.3) is 0 Å². The molecule has 0 aliphatic rings. The first-order chi connectivity index (χ1) is 7.76. The Morgan fingerprint density at radius 3 is 3.00 bits per heavy atom. The lowest BCUT2D eigenvalue weighted by atomic mass is 10.1. The lowest BCUT2D eigenvalue weighted by molar-refractivity contribution is 0.398. The molecule has 0 aromatic carbocycles. The highest BCUT2D eigenvalue weighted by atomic mass is 16.5. The number of hydrogen-bond acceptors (Lipinski definition) is 4. The molecule has 0 fully saturated rings. The van der Waals surface area contributed by atoms with Crippen LogP contribution in [0.1, 0.15) is 19.8 Å². The third-order valence-electron chi connectivity index (χ3n) is 2.51. The molecule has 16 heavy (non-hydrogen) atoms. The van der Waals surface area contributed by atoms with Crippen molar-refractivity contribution in [3.8, 4) is 5.88 Å². The van der Waals surface area contributed by atoms with Gasteiger partial charge in [-0.1, -0.05) is 13.0 Å². The van der Waals surface area contributed by atoms with Gasteiger partial charge < -0.3 is 15.8 Å². The second kappa shape index (κ2) is 7.06. The van der Waals surface area contributed by atoms with Crippen LogP contribution in [0.4, 0.5) is 5.82 Å². The Bertz CT molecular complexity index is 304. The minimum Gasteiger partial charge on any atom is -0.481 e. The summed E-state index contributed by atoms with van der Waals surface area (Å²) in [6.07, 6.45) is 2.25. The van der Waals surface area contributed by atoms with Crippen LogP contribution >= 0.6 is 0 Å². The van der Waals surface area contributed by atoms with E-state index in [-0.39, 0.29) is 0 Å². The molecule has 4 nitrogen and oxygen atoms in total. The molecule has 1 aromatic heterocycles. The van der Waals surface area contributed by atoms with Gasteiger partial charge in [0, 0.05) is 12.6 Å². The highest BCUT2D eigenvalue weighted by molar-refractivity contribution is 5.36. The first-order valence-corrected chi connectivity index (χ1v) is 5.71. The Morgan fingerprint density at radius 1 is 1.50 bits per heavy atom. The normalized spacial score (nSPS) is 12.2. The zero-order valence-corrected chi connectivity index (χ0v) is 10.1. The van der Waals surface area contributed by atoms with Crippen molar-refractivity contribution in [1.82, 2.24) is 4.98 Å². The van der Waals surface area contributed by atoms with Crippen molar-refractivity contribution < 1.29 is 4.74 Å². The molecule has 1 heterocycles. The topological polar surface area (TPSA) is 60.2 Å². The number of nitrogens with two attached hydrogens (primary N) is 1. The first-order valence-electron chi connectivity index (χ1n) is 5.71. The lowest BCUT2D eigenvalue weighted by Gasteiger charge is -2.09. The van der Waals surface area contributed by atoms with Crippen LogP contribution < -0.4 is 15.8 Å². The summed E-state index contributed by atoms with van der Waals surface area (Å²) in [7, 11) is 1.62. The summed E-state index contributed by atoms with van der Waals surface area (Å²) in [5.74, 6) is 2.10. The van der Waals surface area contributed by atoms with Crippen molar-refractivity contribution in [2.45, 2.75) is 19.8 Å². The largest absolute Gasteiger partial charge is 0.481 e. The SMILES string of the molecule is COc1cccc(NCCCC(C)CN)n1. The standard InChI is InChI=1S/C12H21N3O/c1-10(9-13)5-4-8-14-11-6-3-7-12(15-11)16-2/h3,6-7,10H,4-5,8-9,13H2,1-2H3,(H,14,15). The molecule has 1 unspecified atom stereocenters. The second-order valence-electron chi connectivity index (χ2n) is 3.98. The van der Waals surface area contributed by atoms with E-state index >= 15 is 0 Å². The molecular weight excluding hydrogens is 202 g/mol. The minimum absolute atomic E-state index is 0.597. The number of aromatic nitrogens is 1. The number of nitrogens with zero attached hydrogens (tertiary/aromatic N) is 1. The van der Waals surface area contributed by atoms with Crippen LogP contribution in [0, 0.1) is 5.92 Å². The molecule has 0 spiro atoms. The number of methoxy groups -OCH3 is 1. The van der Waals surface area contributed by atoms with E-state index in [9.17, 15) is 0 Å². The molecule has 1 rings (SSSR count). The molecule has 0 aliphatic carbocycles. The van der Waals surface area contributed by atoms with Crippen LogP contribution in [0.15, 0.2) is 18.2 Å². The van der Waals surface area contributed by atoms with E-state index in [0.29, 0.717) is 11.8 Å². The van der Waals surface area contributed by atoms with Gasteiger partial charge in [-0.25, -0.2) is 0 Å². The fourth-order valence-electron chi connectivity index (χ4n) is 1.41. The Hall–Kier alpha value is -1.29. The summed E-state index contributed by atoms with van der Waals surface area (Å²) >= 11 is 0. The van der Waals surface area contributed by atoms with Gasteiger partial charge in [-0.05, 0) is 31.4 Å². The Balaban J connectivity index is 2.26. The van der Waals surface area contributed by atoms with Gasteiger partial charge in [0.1, 0.15) is 5.82 Å². The fraction of sp³-hybridized carbons (Fsp3) is 0.583. The van der Waals surface area contributed by atoms with Crippen LogP contribution in [0.5, 0.6) is 5.88 Å². The zero-order chi connectivity index (χ0) is 11.8. The Kier molecular flexibility index (Phi) is 5.64. The van der Waals surface area contributed by atoms with Gasteiger partial charge in [0.2, 0.25) is 5.88 Å². The number of anilines is 1. The van der Waals surface area contributed by atoms with E-state index in [0.717, 1.165) is 31.7 Å². The average Bonchev–Trinajstić information content (AvgIpc) is 2.34. The van der Waals surface area contributed by atoms with Crippen molar-refractivity contribution in [1.29, 1.82) is 0 Å². The zero-order valence-electron chi connectivity index (χ0n) is 10.1. The Labute approximate surface area is 97.2 Å². The second-order valence-corrected chi connectivity index (χ2v) is 3.98. The quantitative estimate of drug-likeness (QED) is 0.693. The number of rotatable bonds is 7. The minimum atomic E-state index is 0.597. The molecule has 1 aromatic rings. The number of hydrogen-bond donors (Lipinski definition) is 2. The van der Waals surface area contributed by atoms with Gasteiger partial charge in [0.05, 0.1) is 7.11 Å². The fourth-order valence-corrected chi connectivity index (χ4v) is 1.41. The molecule has 0 radical (unpaired) electrons. The van der Waals surface area contributed by atoms with Gasteiger partial charge in [0.15, 0.2) is 0 Å². The summed E-state index contributed by atoms with van der Waals surface area (Å²) in [6, 6.07) is 5.70. The van der Waals surface area contributed by atoms with Gasteiger partial charge in [-0.2, -0.15) is 4.98 Å². The third kappa shape index (κ3) is 4.49. The van der Waals surface area contributed by atoms with Crippen molar-refractivity contribution in [3.05, 3.63) is 18.2 Å². The predicted octanol–water partition coefficient (Wildman–Crippen LogP) is 1.88. The van der Waals surface area contributed by atoms with Crippen molar-refractivity contribution in [2.75, 3.05) is 25.5 Å². The van der Waals surface area contributed by atoms with Crippen molar-refractivity contribution in [3.63, 3.8) is 0 Å². The third-order valence-corrected chi connectivity index (χ3v) is 2.51. The van der Waals surface area contributed by atoms with E-state index in [1.807, 2.05) is 18.2 Å². The maximum atomic E-state index is 5.55. The molecule has 90 valence electrons. The molecule has 0 saturated heterocycles. The monoisotopic (exact) mass is 223 g/mol. The Morgan fingerprint density at radius 2 is 2.31 bits per heavy atom. The predicted molar refractivity (Wildman–Crippen MR) is 66.7 cm³/mol. The van der Waals surface area contributed by atoms with E-state index in [2.05, 4.69) is 17.2 Å². The van der Waals surface area contributed by atoms with Crippen molar-refractivity contribution >= 4 is 5.82 Å². The van der Waals surface area contributed by atoms with Crippen LogP contribution in [0.2, 0.25) is 0 Å². The number of nitrogens with one attached hydrogen (secondary N) is 1. The highest BCUT2D eigenvalue weighted by Gasteiger charge is 1.99. The summed E-state index contributed by atoms with van der Waals surface area (Å²) in [5.41, 5.74) is 5.55. The van der Waals surface area contributed by atoms with Crippen LogP contribution in [0.3, 0.4) is 0 Å². The van der Waals surface area contributed by atoms with Crippen LogP contribution in [-0.4, -0.2) is 25.2 Å². The van der Waals surface area contributed by atoms with Crippen LogP contribution in [-0.2, 0) is 0 Å². The van der Waals surface area contributed by atoms with E-state index in [1.165, 1.54) is 0 Å². The molecule has 0 amide bonds. The highest BCUT2D eigenvalue weighted by Crippen LogP contribution is 2.11. The summed E-state index contributed by atoms with van der Waals surface area (Å²) in [5, 5.41) is 3.27. The van der Waals surface area contributed by atoms with E-state index < -0.39 is 0 Å². The lowest BCUT2D eigenvalue weighted by Crippen LogP contribution is -2.12. The first kappa shape index (κ1) is 12.8. The summed E-state index contributed by atoms with van der Waals surface area (Å²) in [6.45, 7) is 3.85. The molecule has 3 N–H and O–H groups in total. The molecule has 0 saturated carbocycles. The van der Waals surface area contributed by atoms with Gasteiger partial charge >= 0.3 is 0 Å². The molecule has 1 atom stereocenters. The molecule has 0 aliphatic heterocycles. The average molecular weight is 223 g/mol. The van der Waals surface area contributed by atoms with Gasteiger partial charge in [-0.3, -0.25) is 0 Å². The van der Waals surface area contributed by atoms with Crippen molar-refractivity contribution in [2.24, 2.45) is 11.7 Å². The summed E-state index contributed by atoms with van der Waals surface area (Å²) < 4.78 is 5.05. The molecule has 4 heteroatoms. The maximum Gasteiger partial charge on any atom is 0.214 e. The van der Waals surface area contributed by atoms with Gasteiger partial charge in [-0.15, -0.1) is 0 Å². The molecule has 0 bridgehead atoms. The van der Waals surface area contributed by atoms with E-state index in [4.69, 9.17) is 10.5 Å². The molecular formula is C12H21N3O. The van der Waals surface area contributed by atoms with Gasteiger partial charge in [0.25, 0.3) is 0 Å². The number of pyridine rings is 1.